The Morgan fingerprint density at radius 1 is 0.971 bits per heavy atom. The summed E-state index contributed by atoms with van der Waals surface area (Å²) in [5, 5.41) is 4.72. The van der Waals surface area contributed by atoms with Gasteiger partial charge in [0, 0.05) is 43.0 Å². The summed E-state index contributed by atoms with van der Waals surface area (Å²) in [7, 11) is 6.04. The summed E-state index contributed by atoms with van der Waals surface area (Å²) in [4.78, 5) is 17.1. The average Bonchev–Trinajstić information content (AvgIpc) is 3.07. The highest BCUT2D eigenvalue weighted by Crippen LogP contribution is 2.36. The minimum atomic E-state index is 0.398. The summed E-state index contributed by atoms with van der Waals surface area (Å²) in [6, 6.07) is 4.42. The fourth-order valence-electron chi connectivity index (χ4n) is 4.62. The summed E-state index contributed by atoms with van der Waals surface area (Å²) in [5.41, 5.74) is 0.881. The van der Waals surface area contributed by atoms with Crippen molar-refractivity contribution in [2.24, 2.45) is 0 Å². The SMILES string of the molecule is COc1cc2c(NC3CCN(C)CC3)nc(N3CCCN(C)CC3)nc2cc1OCCCCCl. The van der Waals surface area contributed by atoms with E-state index in [0.29, 0.717) is 24.3 Å². The Labute approximate surface area is 208 Å². The number of likely N-dealkylation sites (N-methyl/N-ethyl adjacent to an activating group) is 1. The van der Waals surface area contributed by atoms with Gasteiger partial charge in [0.2, 0.25) is 5.95 Å². The number of fused-ring (bicyclic) bond motifs is 1. The van der Waals surface area contributed by atoms with Crippen molar-refractivity contribution in [3.05, 3.63) is 12.1 Å². The lowest BCUT2D eigenvalue weighted by atomic mass is 10.1. The van der Waals surface area contributed by atoms with Gasteiger partial charge in [0.05, 0.1) is 19.2 Å². The van der Waals surface area contributed by atoms with Crippen molar-refractivity contribution >= 4 is 34.3 Å². The Morgan fingerprint density at radius 2 is 1.76 bits per heavy atom. The monoisotopic (exact) mass is 490 g/mol. The molecular weight excluding hydrogens is 452 g/mol. The first-order valence-corrected chi connectivity index (χ1v) is 13.1. The van der Waals surface area contributed by atoms with Crippen LogP contribution < -0.4 is 19.7 Å². The van der Waals surface area contributed by atoms with Crippen molar-refractivity contribution in [3.8, 4) is 11.5 Å². The number of nitrogens with zero attached hydrogens (tertiary/aromatic N) is 5. The Hall–Kier alpha value is -2.03. The van der Waals surface area contributed by atoms with Crippen LogP contribution in [0.4, 0.5) is 11.8 Å². The van der Waals surface area contributed by atoms with Crippen LogP contribution in [-0.2, 0) is 0 Å². The first kappa shape index (κ1) is 25.1. The molecule has 4 rings (SSSR count). The number of alkyl halides is 1. The molecule has 0 spiro atoms. The van der Waals surface area contributed by atoms with Crippen molar-refractivity contribution in [1.82, 2.24) is 19.8 Å². The Kier molecular flexibility index (Phi) is 8.92. The number of piperidine rings is 1. The van der Waals surface area contributed by atoms with Crippen LogP contribution in [0.1, 0.15) is 32.1 Å². The number of hydrogen-bond donors (Lipinski definition) is 1. The zero-order valence-electron chi connectivity index (χ0n) is 20.9. The van der Waals surface area contributed by atoms with E-state index in [1.165, 1.54) is 0 Å². The van der Waals surface area contributed by atoms with Crippen LogP contribution in [0.25, 0.3) is 10.9 Å². The van der Waals surface area contributed by atoms with E-state index in [9.17, 15) is 0 Å². The number of aromatic nitrogens is 2. The second-order valence-electron chi connectivity index (χ2n) is 9.50. The smallest absolute Gasteiger partial charge is 0.227 e. The molecule has 2 saturated heterocycles. The number of likely N-dealkylation sites (tertiary alicyclic amines) is 1. The maximum Gasteiger partial charge on any atom is 0.227 e. The molecule has 34 heavy (non-hydrogen) atoms. The number of methoxy groups -OCH3 is 1. The van der Waals surface area contributed by atoms with Crippen LogP contribution in [0.2, 0.25) is 0 Å². The Bertz CT molecular complexity index is 937. The minimum absolute atomic E-state index is 0.398. The predicted octanol–water partition coefficient (Wildman–Crippen LogP) is 3.68. The number of ether oxygens (including phenoxy) is 2. The Morgan fingerprint density at radius 3 is 2.53 bits per heavy atom. The molecule has 1 aromatic heterocycles. The van der Waals surface area contributed by atoms with E-state index in [4.69, 9.17) is 31.0 Å². The van der Waals surface area contributed by atoms with E-state index in [0.717, 1.165) is 99.8 Å². The van der Waals surface area contributed by atoms with Gasteiger partial charge in [0.25, 0.3) is 0 Å². The van der Waals surface area contributed by atoms with Gasteiger partial charge in [-0.15, -0.1) is 11.6 Å². The van der Waals surface area contributed by atoms with Gasteiger partial charge in [-0.05, 0) is 71.9 Å². The number of nitrogens with one attached hydrogen (secondary N) is 1. The number of benzene rings is 1. The van der Waals surface area contributed by atoms with Gasteiger partial charge in [-0.3, -0.25) is 0 Å². The van der Waals surface area contributed by atoms with Crippen LogP contribution in [0.5, 0.6) is 11.5 Å². The van der Waals surface area contributed by atoms with E-state index in [1.807, 2.05) is 12.1 Å². The van der Waals surface area contributed by atoms with Crippen LogP contribution in [0.15, 0.2) is 12.1 Å². The zero-order chi connectivity index (χ0) is 23.9. The lowest BCUT2D eigenvalue weighted by Crippen LogP contribution is -2.37. The summed E-state index contributed by atoms with van der Waals surface area (Å²) in [6.07, 6.45) is 5.14. The molecule has 2 aromatic rings. The second-order valence-corrected chi connectivity index (χ2v) is 9.88. The van der Waals surface area contributed by atoms with Crippen LogP contribution in [-0.4, -0.2) is 98.8 Å². The molecule has 2 aliphatic rings. The second kappa shape index (κ2) is 12.1. The molecule has 0 amide bonds. The first-order chi connectivity index (χ1) is 16.6. The standard InChI is InChI=1S/C25H39ClN6O2/c1-30-10-6-11-32(15-14-30)25-28-21-18-23(34-16-5-4-9-26)22(33-3)17-20(21)24(29-25)27-19-7-12-31(2)13-8-19/h17-19H,4-16H2,1-3H3,(H,27,28,29). The van der Waals surface area contributed by atoms with E-state index >= 15 is 0 Å². The topological polar surface area (TPSA) is 66.0 Å². The van der Waals surface area contributed by atoms with E-state index < -0.39 is 0 Å². The van der Waals surface area contributed by atoms with Crippen LogP contribution in [0.3, 0.4) is 0 Å². The highest BCUT2D eigenvalue weighted by Gasteiger charge is 2.22. The van der Waals surface area contributed by atoms with Gasteiger partial charge in [-0.25, -0.2) is 4.98 Å². The molecule has 0 aliphatic carbocycles. The molecule has 0 bridgehead atoms. The molecule has 1 aromatic carbocycles. The molecule has 2 fully saturated rings. The molecule has 3 heterocycles. The molecule has 0 saturated carbocycles. The number of halogens is 1. The third-order valence-corrected chi connectivity index (χ3v) is 7.08. The minimum Gasteiger partial charge on any atom is -0.493 e. The van der Waals surface area contributed by atoms with Crippen LogP contribution in [0, 0.1) is 0 Å². The van der Waals surface area contributed by atoms with Crippen molar-refractivity contribution in [2.75, 3.05) is 83.2 Å². The molecule has 0 unspecified atom stereocenters. The van der Waals surface area contributed by atoms with Crippen molar-refractivity contribution in [2.45, 2.75) is 38.1 Å². The molecule has 9 heteroatoms. The third kappa shape index (κ3) is 6.34. The lowest BCUT2D eigenvalue weighted by molar-refractivity contribution is 0.263. The maximum absolute atomic E-state index is 6.07. The average molecular weight is 491 g/mol. The fraction of sp³-hybridized carbons (Fsp3) is 0.680. The third-order valence-electron chi connectivity index (χ3n) is 6.82. The molecule has 188 valence electrons. The fourth-order valence-corrected chi connectivity index (χ4v) is 4.81. The summed E-state index contributed by atoms with van der Waals surface area (Å²) in [5.74, 6) is 3.74. The highest BCUT2D eigenvalue weighted by molar-refractivity contribution is 6.17. The van der Waals surface area contributed by atoms with Crippen LogP contribution >= 0.6 is 11.6 Å². The van der Waals surface area contributed by atoms with Gasteiger partial charge >= 0.3 is 0 Å². The highest BCUT2D eigenvalue weighted by atomic mass is 35.5. The molecule has 1 N–H and O–H groups in total. The number of hydrogen-bond acceptors (Lipinski definition) is 8. The molecular formula is C25H39ClN6O2. The molecule has 0 atom stereocenters. The zero-order valence-corrected chi connectivity index (χ0v) is 21.6. The van der Waals surface area contributed by atoms with Gasteiger partial charge in [0.15, 0.2) is 11.5 Å². The van der Waals surface area contributed by atoms with Crippen molar-refractivity contribution in [1.29, 1.82) is 0 Å². The van der Waals surface area contributed by atoms with E-state index in [-0.39, 0.29) is 0 Å². The Balaban J connectivity index is 1.68. The first-order valence-electron chi connectivity index (χ1n) is 12.5. The molecule has 2 aliphatic heterocycles. The van der Waals surface area contributed by atoms with Gasteiger partial charge in [-0.1, -0.05) is 0 Å². The van der Waals surface area contributed by atoms with E-state index in [2.05, 4.69) is 34.1 Å². The molecule has 8 nitrogen and oxygen atoms in total. The van der Waals surface area contributed by atoms with Crippen molar-refractivity contribution < 1.29 is 9.47 Å². The normalized spacial score (nSPS) is 18.8. The van der Waals surface area contributed by atoms with Gasteiger partial charge in [0.1, 0.15) is 5.82 Å². The summed E-state index contributed by atoms with van der Waals surface area (Å²) >= 11 is 5.82. The quantitative estimate of drug-likeness (QED) is 0.422. The van der Waals surface area contributed by atoms with Gasteiger partial charge in [-0.2, -0.15) is 4.98 Å². The summed E-state index contributed by atoms with van der Waals surface area (Å²) < 4.78 is 11.8. The largest absolute Gasteiger partial charge is 0.493 e. The predicted molar refractivity (Wildman–Crippen MR) is 140 cm³/mol. The van der Waals surface area contributed by atoms with E-state index in [1.54, 1.807) is 7.11 Å². The maximum atomic E-state index is 6.07. The van der Waals surface area contributed by atoms with Gasteiger partial charge < -0.3 is 29.5 Å². The summed E-state index contributed by atoms with van der Waals surface area (Å²) in [6.45, 7) is 6.78. The molecule has 0 radical (unpaired) electrons. The number of unbranched alkanes of at least 4 members (excludes halogenated alkanes) is 1. The lowest BCUT2D eigenvalue weighted by Gasteiger charge is -2.30. The number of anilines is 2. The van der Waals surface area contributed by atoms with Crippen molar-refractivity contribution in [3.63, 3.8) is 0 Å². The number of rotatable bonds is 9.